The summed E-state index contributed by atoms with van der Waals surface area (Å²) in [6.45, 7) is 6.30. The summed E-state index contributed by atoms with van der Waals surface area (Å²) in [5.74, 6) is 0.884. The molecule has 2 aromatic carbocycles. The Kier molecular flexibility index (Phi) is 9.57. The molecule has 152 valence electrons. The fraction of sp³-hybridized carbons (Fsp3) is 0.409. The molecule has 3 rings (SSSR count). The lowest BCUT2D eigenvalue weighted by molar-refractivity contribution is 0.185. The molecular weight excluding hydrogens is 463 g/mol. The fourth-order valence-electron chi connectivity index (χ4n) is 3.42. The van der Waals surface area contributed by atoms with Crippen molar-refractivity contribution >= 4 is 35.6 Å². The minimum absolute atomic E-state index is 0. The number of aliphatic imine (C=N–C) groups is 1. The highest BCUT2D eigenvalue weighted by Gasteiger charge is 2.23. The molecule has 0 amide bonds. The molecule has 6 heteroatoms. The van der Waals surface area contributed by atoms with Gasteiger partial charge in [-0.2, -0.15) is 0 Å². The first-order valence-electron chi connectivity index (χ1n) is 9.70. The van der Waals surface area contributed by atoms with Gasteiger partial charge in [-0.25, -0.2) is 4.99 Å². The molecule has 2 aromatic rings. The zero-order valence-electron chi connectivity index (χ0n) is 16.7. The van der Waals surface area contributed by atoms with Crippen molar-refractivity contribution in [2.24, 2.45) is 4.99 Å². The van der Waals surface area contributed by atoms with Crippen molar-refractivity contribution in [2.45, 2.75) is 32.5 Å². The Morgan fingerprint density at radius 1 is 1.14 bits per heavy atom. The lowest BCUT2D eigenvalue weighted by Gasteiger charge is -2.20. The lowest BCUT2D eigenvalue weighted by atomic mass is 10.1. The highest BCUT2D eigenvalue weighted by Crippen LogP contribution is 2.19. The molecule has 2 N–H and O–H groups in total. The largest absolute Gasteiger partial charge is 0.380 e. The number of nitrogens with one attached hydrogen (secondary N) is 2. The minimum Gasteiger partial charge on any atom is -0.380 e. The quantitative estimate of drug-likeness (QED) is 0.350. The smallest absolute Gasteiger partial charge is 0.191 e. The van der Waals surface area contributed by atoms with Gasteiger partial charge in [0.2, 0.25) is 0 Å². The fourth-order valence-corrected chi connectivity index (χ4v) is 3.42. The van der Waals surface area contributed by atoms with E-state index in [1.165, 1.54) is 16.8 Å². The number of halogens is 1. The monoisotopic (exact) mass is 494 g/mol. The van der Waals surface area contributed by atoms with E-state index in [4.69, 9.17) is 9.73 Å². The van der Waals surface area contributed by atoms with E-state index in [9.17, 15) is 0 Å². The highest BCUT2D eigenvalue weighted by atomic mass is 127. The molecule has 0 aliphatic carbocycles. The van der Waals surface area contributed by atoms with Gasteiger partial charge >= 0.3 is 0 Å². The van der Waals surface area contributed by atoms with Gasteiger partial charge in [0, 0.05) is 38.5 Å². The van der Waals surface area contributed by atoms with E-state index >= 15 is 0 Å². The molecule has 1 saturated heterocycles. The first-order chi connectivity index (χ1) is 13.3. The van der Waals surface area contributed by atoms with Gasteiger partial charge in [0.25, 0.3) is 0 Å². The summed E-state index contributed by atoms with van der Waals surface area (Å²) in [7, 11) is 1.72. The third-order valence-corrected chi connectivity index (χ3v) is 4.72. The van der Waals surface area contributed by atoms with E-state index in [2.05, 4.69) is 77.1 Å². The summed E-state index contributed by atoms with van der Waals surface area (Å²) < 4.78 is 5.22. The zero-order chi connectivity index (χ0) is 18.9. The number of hydrogen-bond acceptors (Lipinski definition) is 3. The summed E-state index contributed by atoms with van der Waals surface area (Å²) >= 11 is 0. The van der Waals surface area contributed by atoms with Crippen molar-refractivity contribution in [1.29, 1.82) is 0 Å². The lowest BCUT2D eigenvalue weighted by Crippen LogP contribution is -2.44. The van der Waals surface area contributed by atoms with Crippen LogP contribution in [0, 0.1) is 0 Å². The number of benzene rings is 2. The van der Waals surface area contributed by atoms with Crippen molar-refractivity contribution in [2.75, 3.05) is 31.6 Å². The third-order valence-electron chi connectivity index (χ3n) is 4.72. The number of anilines is 1. The van der Waals surface area contributed by atoms with Gasteiger partial charge in [-0.3, -0.25) is 0 Å². The number of hydrogen-bond donors (Lipinski definition) is 2. The van der Waals surface area contributed by atoms with Gasteiger partial charge in [-0.1, -0.05) is 42.5 Å². The Balaban J connectivity index is 0.00000280. The Hall–Kier alpha value is -1.80. The van der Waals surface area contributed by atoms with E-state index in [1.54, 1.807) is 7.11 Å². The van der Waals surface area contributed by atoms with Gasteiger partial charge in [-0.15, -0.1) is 24.0 Å². The Morgan fingerprint density at radius 3 is 2.68 bits per heavy atom. The van der Waals surface area contributed by atoms with E-state index < -0.39 is 0 Å². The molecule has 0 saturated carbocycles. The molecule has 1 heterocycles. The molecule has 1 atom stereocenters. The maximum Gasteiger partial charge on any atom is 0.191 e. The molecule has 0 bridgehead atoms. The van der Waals surface area contributed by atoms with E-state index in [1.807, 2.05) is 0 Å². The maximum atomic E-state index is 5.22. The van der Waals surface area contributed by atoms with E-state index in [0.29, 0.717) is 19.2 Å². The van der Waals surface area contributed by atoms with Crippen LogP contribution in [0.1, 0.15) is 24.5 Å². The Bertz CT molecular complexity index is 738. The average Bonchev–Trinajstić information content (AvgIpc) is 3.16. The van der Waals surface area contributed by atoms with Gasteiger partial charge < -0.3 is 20.3 Å². The normalized spacial score (nSPS) is 16.6. The van der Waals surface area contributed by atoms with Crippen LogP contribution in [-0.2, 0) is 17.9 Å². The van der Waals surface area contributed by atoms with Crippen LogP contribution >= 0.6 is 24.0 Å². The number of methoxy groups -OCH3 is 1. The van der Waals surface area contributed by atoms with Crippen LogP contribution in [0.4, 0.5) is 5.69 Å². The molecule has 28 heavy (non-hydrogen) atoms. The van der Waals surface area contributed by atoms with Crippen LogP contribution in [0.3, 0.4) is 0 Å². The number of ether oxygens (including phenoxy) is 1. The zero-order valence-corrected chi connectivity index (χ0v) is 19.1. The molecule has 5 nitrogen and oxygen atoms in total. The second kappa shape index (κ2) is 11.9. The number of para-hydroxylation sites is 1. The second-order valence-electron chi connectivity index (χ2n) is 6.86. The molecule has 1 aliphatic heterocycles. The first-order valence-corrected chi connectivity index (χ1v) is 9.70. The van der Waals surface area contributed by atoms with Crippen molar-refractivity contribution in [3.8, 4) is 0 Å². The average molecular weight is 494 g/mol. The van der Waals surface area contributed by atoms with Crippen LogP contribution in [0.5, 0.6) is 0 Å². The van der Waals surface area contributed by atoms with Crippen LogP contribution < -0.4 is 15.5 Å². The predicted molar refractivity (Wildman–Crippen MR) is 128 cm³/mol. The number of guanidine groups is 1. The molecule has 1 unspecified atom stereocenters. The molecule has 0 spiro atoms. The summed E-state index contributed by atoms with van der Waals surface area (Å²) in [4.78, 5) is 7.21. The first kappa shape index (κ1) is 22.5. The number of nitrogens with zero attached hydrogens (tertiary/aromatic N) is 2. The van der Waals surface area contributed by atoms with Gasteiger partial charge in [0.05, 0.1) is 13.2 Å². The van der Waals surface area contributed by atoms with Crippen molar-refractivity contribution in [3.63, 3.8) is 0 Å². The topological polar surface area (TPSA) is 48.9 Å². The highest BCUT2D eigenvalue weighted by molar-refractivity contribution is 14.0. The summed E-state index contributed by atoms with van der Waals surface area (Å²) in [5.41, 5.74) is 3.66. The number of rotatable bonds is 7. The SMILES string of the molecule is CCNC(=NCc1cccc(COC)c1)NC1CCN(c2ccccc2)C1.I. The van der Waals surface area contributed by atoms with E-state index in [-0.39, 0.29) is 24.0 Å². The molecule has 1 aliphatic rings. The standard InChI is InChI=1S/C22H30N4O.HI/c1-3-23-22(24-15-18-8-7-9-19(14-18)17-27-2)25-20-12-13-26(16-20)21-10-5-4-6-11-21;/h4-11,14,20H,3,12-13,15-17H2,1-2H3,(H2,23,24,25);1H. The van der Waals surface area contributed by atoms with Crippen LogP contribution in [0.15, 0.2) is 59.6 Å². The van der Waals surface area contributed by atoms with Crippen molar-refractivity contribution in [1.82, 2.24) is 10.6 Å². The molecule has 1 fully saturated rings. The van der Waals surface area contributed by atoms with E-state index in [0.717, 1.165) is 32.0 Å². The van der Waals surface area contributed by atoms with Gasteiger partial charge in [-0.05, 0) is 36.6 Å². The van der Waals surface area contributed by atoms with Crippen molar-refractivity contribution in [3.05, 3.63) is 65.7 Å². The van der Waals surface area contributed by atoms with Crippen LogP contribution in [0.2, 0.25) is 0 Å². The second-order valence-corrected chi connectivity index (χ2v) is 6.86. The van der Waals surface area contributed by atoms with Crippen LogP contribution in [-0.4, -0.2) is 38.7 Å². The Labute approximate surface area is 185 Å². The third kappa shape index (κ3) is 6.67. The molecule has 0 aromatic heterocycles. The van der Waals surface area contributed by atoms with Crippen LogP contribution in [0.25, 0.3) is 0 Å². The predicted octanol–water partition coefficient (Wildman–Crippen LogP) is 3.79. The van der Waals surface area contributed by atoms with Gasteiger partial charge in [0.1, 0.15) is 0 Å². The summed E-state index contributed by atoms with van der Waals surface area (Å²) in [6, 6.07) is 19.4. The maximum absolute atomic E-state index is 5.22. The molecule has 0 radical (unpaired) electrons. The van der Waals surface area contributed by atoms with Gasteiger partial charge in [0.15, 0.2) is 5.96 Å². The Morgan fingerprint density at radius 2 is 1.93 bits per heavy atom. The summed E-state index contributed by atoms with van der Waals surface area (Å²) in [6.07, 6.45) is 1.11. The summed E-state index contributed by atoms with van der Waals surface area (Å²) in [5, 5.41) is 6.97. The molecular formula is C22H31IN4O. The minimum atomic E-state index is 0. The van der Waals surface area contributed by atoms with Crippen molar-refractivity contribution < 1.29 is 4.74 Å².